The summed E-state index contributed by atoms with van der Waals surface area (Å²) in [5, 5.41) is 0.534. The first kappa shape index (κ1) is 16.0. The topological polar surface area (TPSA) is 77.2 Å². The number of pyridine rings is 1. The van der Waals surface area contributed by atoms with Crippen molar-refractivity contribution in [3.05, 3.63) is 61.4 Å². The Kier molecular flexibility index (Phi) is 3.92. The molecule has 0 spiro atoms. The highest BCUT2D eigenvalue weighted by Gasteiger charge is 2.29. The Balaban J connectivity index is 1.87. The first-order chi connectivity index (χ1) is 12.1. The van der Waals surface area contributed by atoms with E-state index >= 15 is 0 Å². The van der Waals surface area contributed by atoms with Gasteiger partial charge in [0, 0.05) is 22.3 Å². The predicted octanol–water partition coefficient (Wildman–Crippen LogP) is 3.26. The van der Waals surface area contributed by atoms with Gasteiger partial charge < -0.3 is 13.7 Å². The molecule has 0 unspecified atom stereocenters. The fraction of sp³-hybridized carbons (Fsp3) is 0.333. The molecule has 1 aromatic carbocycles. The van der Waals surface area contributed by atoms with E-state index < -0.39 is 5.76 Å². The van der Waals surface area contributed by atoms with Gasteiger partial charge in [-0.15, -0.1) is 0 Å². The molecule has 0 bridgehead atoms. The summed E-state index contributed by atoms with van der Waals surface area (Å²) in [6, 6.07) is 5.41. The summed E-state index contributed by atoms with van der Waals surface area (Å²) in [6.07, 6.45) is 3.83. The van der Waals surface area contributed by atoms with Gasteiger partial charge in [0.1, 0.15) is 5.75 Å². The van der Waals surface area contributed by atoms with E-state index in [1.54, 1.807) is 16.8 Å². The summed E-state index contributed by atoms with van der Waals surface area (Å²) in [5.41, 5.74) is 1.89. The van der Waals surface area contributed by atoms with Crippen LogP contribution in [-0.2, 0) is 6.54 Å². The predicted molar refractivity (Wildman–Crippen MR) is 94.8 cm³/mol. The minimum atomic E-state index is -0.612. The molecule has 0 amide bonds. The number of hydrogen-bond donors (Lipinski definition) is 1. The highest BCUT2D eigenvalue weighted by atomic mass is 35.5. The first-order valence-electron chi connectivity index (χ1n) is 8.24. The van der Waals surface area contributed by atoms with Crippen LogP contribution in [0.25, 0.3) is 11.1 Å². The van der Waals surface area contributed by atoms with Crippen LogP contribution in [0.1, 0.15) is 36.8 Å². The molecule has 0 aliphatic heterocycles. The molecule has 0 radical (unpaired) electrons. The number of oxazole rings is 1. The van der Waals surface area contributed by atoms with Crippen molar-refractivity contribution < 1.29 is 9.15 Å². The Labute approximate surface area is 148 Å². The average Bonchev–Trinajstić information content (AvgIpc) is 3.34. The molecule has 1 saturated carbocycles. The number of fused-ring (bicyclic) bond motifs is 1. The molecule has 1 N–H and O–H groups in total. The van der Waals surface area contributed by atoms with Crippen molar-refractivity contribution in [1.82, 2.24) is 9.55 Å². The van der Waals surface area contributed by atoms with Crippen LogP contribution in [-0.4, -0.2) is 16.2 Å². The molecule has 0 saturated heterocycles. The average molecular weight is 361 g/mol. The maximum absolute atomic E-state index is 12.8. The Morgan fingerprint density at radius 2 is 2.16 bits per heavy atom. The lowest BCUT2D eigenvalue weighted by molar-refractivity contribution is 0.335. The maximum atomic E-state index is 12.8. The number of H-pyrrole nitrogens is 1. The molecule has 4 rings (SSSR count). The summed E-state index contributed by atoms with van der Waals surface area (Å²) in [5.74, 6) is 0.362. The van der Waals surface area contributed by atoms with E-state index in [0.29, 0.717) is 28.9 Å². The minimum absolute atomic E-state index is 0.208. The molecular weight excluding hydrogens is 344 g/mol. The Bertz CT molecular complexity index is 1060. The molecule has 25 heavy (non-hydrogen) atoms. The van der Waals surface area contributed by atoms with E-state index in [9.17, 15) is 9.59 Å². The van der Waals surface area contributed by atoms with E-state index in [0.717, 1.165) is 24.0 Å². The van der Waals surface area contributed by atoms with Crippen molar-refractivity contribution >= 4 is 22.7 Å². The molecular formula is C18H17ClN2O4. The highest BCUT2D eigenvalue weighted by molar-refractivity contribution is 6.31. The third-order valence-electron chi connectivity index (χ3n) is 4.40. The van der Waals surface area contributed by atoms with Crippen molar-refractivity contribution in [1.29, 1.82) is 0 Å². The normalized spacial score (nSPS) is 14.2. The SMILES string of the molecule is CCOc1cccc(Cl)c1Cn1cc(C2CC2)c2oc(=O)[nH]c2c1=O. The fourth-order valence-corrected chi connectivity index (χ4v) is 3.29. The number of aromatic amines is 1. The number of halogens is 1. The number of benzene rings is 1. The number of ether oxygens (including phenoxy) is 1. The zero-order valence-electron chi connectivity index (χ0n) is 13.7. The Hall–Kier alpha value is -2.47. The van der Waals surface area contributed by atoms with Gasteiger partial charge >= 0.3 is 5.76 Å². The van der Waals surface area contributed by atoms with Crippen LogP contribution in [0.3, 0.4) is 0 Å². The molecule has 6 nitrogen and oxygen atoms in total. The molecule has 3 aromatic rings. The lowest BCUT2D eigenvalue weighted by Crippen LogP contribution is -2.22. The van der Waals surface area contributed by atoms with Crippen LogP contribution in [0.4, 0.5) is 0 Å². The lowest BCUT2D eigenvalue weighted by Gasteiger charge is -2.14. The van der Waals surface area contributed by atoms with Crippen molar-refractivity contribution in [2.75, 3.05) is 6.61 Å². The molecule has 1 aliphatic rings. The van der Waals surface area contributed by atoms with Gasteiger partial charge in [-0.25, -0.2) is 4.79 Å². The summed E-state index contributed by atoms with van der Waals surface area (Å²) in [6.45, 7) is 2.66. The zero-order valence-corrected chi connectivity index (χ0v) is 14.4. The maximum Gasteiger partial charge on any atom is 0.417 e. The second-order valence-electron chi connectivity index (χ2n) is 6.16. The molecule has 7 heteroatoms. The van der Waals surface area contributed by atoms with Gasteiger partial charge in [-0.3, -0.25) is 9.78 Å². The minimum Gasteiger partial charge on any atom is -0.493 e. The highest BCUT2D eigenvalue weighted by Crippen LogP contribution is 2.42. The van der Waals surface area contributed by atoms with Gasteiger partial charge in [0.2, 0.25) is 0 Å². The quantitative estimate of drug-likeness (QED) is 0.757. The van der Waals surface area contributed by atoms with Crippen LogP contribution in [0.2, 0.25) is 5.02 Å². The van der Waals surface area contributed by atoms with Gasteiger partial charge in [-0.2, -0.15) is 0 Å². The summed E-state index contributed by atoms with van der Waals surface area (Å²) in [7, 11) is 0. The van der Waals surface area contributed by atoms with Gasteiger partial charge in [0.15, 0.2) is 11.1 Å². The van der Waals surface area contributed by atoms with E-state index in [4.69, 9.17) is 20.8 Å². The standard InChI is InChI=1S/C18H17ClN2O4/c1-2-24-14-5-3-4-13(19)12(14)9-21-8-11(10-6-7-10)16-15(17(21)22)20-18(23)25-16/h3-5,8,10H,2,6-7,9H2,1H3,(H,20,23). The number of nitrogens with one attached hydrogen (secondary N) is 1. The van der Waals surface area contributed by atoms with Gasteiger partial charge in [-0.1, -0.05) is 17.7 Å². The second kappa shape index (κ2) is 6.11. The molecule has 2 heterocycles. The smallest absolute Gasteiger partial charge is 0.417 e. The van der Waals surface area contributed by atoms with E-state index in [1.807, 2.05) is 19.1 Å². The van der Waals surface area contributed by atoms with Crippen LogP contribution in [0.15, 0.2) is 38.4 Å². The van der Waals surface area contributed by atoms with Gasteiger partial charge in [0.05, 0.1) is 13.2 Å². The lowest BCUT2D eigenvalue weighted by atomic mass is 10.1. The number of nitrogens with zero attached hydrogens (tertiary/aromatic N) is 1. The van der Waals surface area contributed by atoms with E-state index in [-0.39, 0.29) is 17.6 Å². The number of hydrogen-bond acceptors (Lipinski definition) is 4. The molecule has 130 valence electrons. The number of rotatable bonds is 5. The van der Waals surface area contributed by atoms with Crippen LogP contribution in [0, 0.1) is 0 Å². The van der Waals surface area contributed by atoms with Crippen molar-refractivity contribution in [2.45, 2.75) is 32.2 Å². The van der Waals surface area contributed by atoms with Crippen LogP contribution >= 0.6 is 11.6 Å². The summed E-state index contributed by atoms with van der Waals surface area (Å²) < 4.78 is 12.4. The molecule has 2 aromatic heterocycles. The van der Waals surface area contributed by atoms with Crippen LogP contribution in [0.5, 0.6) is 5.75 Å². The monoisotopic (exact) mass is 360 g/mol. The van der Waals surface area contributed by atoms with Gasteiger partial charge in [-0.05, 0) is 37.8 Å². The van der Waals surface area contributed by atoms with Crippen LogP contribution < -0.4 is 16.1 Å². The zero-order chi connectivity index (χ0) is 17.6. The summed E-state index contributed by atoms with van der Waals surface area (Å²) >= 11 is 6.33. The van der Waals surface area contributed by atoms with Crippen molar-refractivity contribution in [2.24, 2.45) is 0 Å². The number of aromatic nitrogens is 2. The van der Waals surface area contributed by atoms with Crippen molar-refractivity contribution in [3.8, 4) is 5.75 Å². The third-order valence-corrected chi connectivity index (χ3v) is 4.76. The van der Waals surface area contributed by atoms with Crippen molar-refractivity contribution in [3.63, 3.8) is 0 Å². The Morgan fingerprint density at radius 3 is 2.88 bits per heavy atom. The second-order valence-corrected chi connectivity index (χ2v) is 6.57. The summed E-state index contributed by atoms with van der Waals surface area (Å²) in [4.78, 5) is 26.9. The fourth-order valence-electron chi connectivity index (χ4n) is 3.07. The largest absolute Gasteiger partial charge is 0.493 e. The molecule has 0 atom stereocenters. The van der Waals surface area contributed by atoms with E-state index in [2.05, 4.69) is 4.98 Å². The molecule has 1 fully saturated rings. The third kappa shape index (κ3) is 2.87. The Morgan fingerprint density at radius 1 is 1.36 bits per heavy atom. The first-order valence-corrected chi connectivity index (χ1v) is 8.62. The van der Waals surface area contributed by atoms with Gasteiger partial charge in [0.25, 0.3) is 5.56 Å². The van der Waals surface area contributed by atoms with E-state index in [1.165, 1.54) is 0 Å². The molecule has 1 aliphatic carbocycles.